The molecule has 2 aliphatic heterocycles. The Kier molecular flexibility index (Phi) is 7.11. The summed E-state index contributed by atoms with van der Waals surface area (Å²) in [5, 5.41) is 0. The summed E-state index contributed by atoms with van der Waals surface area (Å²) in [4.78, 5) is 23.4. The van der Waals surface area contributed by atoms with Crippen LogP contribution in [0, 0.1) is 0 Å². The van der Waals surface area contributed by atoms with E-state index >= 15 is 0 Å². The van der Waals surface area contributed by atoms with Crippen molar-refractivity contribution in [1.82, 2.24) is 19.7 Å². The first-order chi connectivity index (χ1) is 14.7. The molecule has 4 rings (SSSR count). The van der Waals surface area contributed by atoms with Crippen molar-refractivity contribution >= 4 is 5.91 Å². The summed E-state index contributed by atoms with van der Waals surface area (Å²) in [5.41, 5.74) is 1.68. The lowest BCUT2D eigenvalue weighted by Gasteiger charge is -2.34. The second-order valence-electron chi connectivity index (χ2n) is 7.92. The lowest BCUT2D eigenvalue weighted by molar-refractivity contribution is -0.0933. The molecule has 2 saturated heterocycles. The molecule has 0 spiro atoms. The van der Waals surface area contributed by atoms with Crippen LogP contribution in [0.3, 0.4) is 0 Å². The van der Waals surface area contributed by atoms with Gasteiger partial charge in [-0.15, -0.1) is 0 Å². The summed E-state index contributed by atoms with van der Waals surface area (Å²) < 4.78 is 16.6. The Morgan fingerprint density at radius 3 is 2.53 bits per heavy atom. The van der Waals surface area contributed by atoms with Crippen LogP contribution in [0.15, 0.2) is 41.0 Å². The summed E-state index contributed by atoms with van der Waals surface area (Å²) in [6, 6.07) is 10.6. The monoisotopic (exact) mass is 414 g/mol. The molecule has 0 radical (unpaired) electrons. The summed E-state index contributed by atoms with van der Waals surface area (Å²) in [7, 11) is 1.75. The van der Waals surface area contributed by atoms with Crippen LogP contribution in [0.1, 0.15) is 21.9 Å². The molecule has 1 aromatic carbocycles. The lowest BCUT2D eigenvalue weighted by atomic mass is 10.2. The highest BCUT2D eigenvalue weighted by atomic mass is 16.6. The van der Waals surface area contributed by atoms with Gasteiger partial charge in [0.15, 0.2) is 5.69 Å². The van der Waals surface area contributed by atoms with Gasteiger partial charge in [-0.1, -0.05) is 30.3 Å². The van der Waals surface area contributed by atoms with Gasteiger partial charge in [-0.2, -0.15) is 0 Å². The summed E-state index contributed by atoms with van der Waals surface area (Å²) in [5.74, 6) is 0.423. The zero-order chi connectivity index (χ0) is 20.8. The fourth-order valence-electron chi connectivity index (χ4n) is 3.85. The maximum Gasteiger partial charge on any atom is 0.275 e. The van der Waals surface area contributed by atoms with Crippen molar-refractivity contribution in [1.29, 1.82) is 0 Å². The molecule has 1 aromatic heterocycles. The summed E-state index contributed by atoms with van der Waals surface area (Å²) in [6.07, 6.45) is 1.36. The Bertz CT molecular complexity index is 798. The highest BCUT2D eigenvalue weighted by molar-refractivity contribution is 5.91. The highest BCUT2D eigenvalue weighted by Gasteiger charge is 2.23. The summed E-state index contributed by atoms with van der Waals surface area (Å²) >= 11 is 0. The number of carbonyl (C=O) groups is 1. The minimum Gasteiger partial charge on any atom is -0.447 e. The van der Waals surface area contributed by atoms with Crippen LogP contribution in [0.25, 0.3) is 0 Å². The van der Waals surface area contributed by atoms with E-state index < -0.39 is 0 Å². The first kappa shape index (κ1) is 21.0. The summed E-state index contributed by atoms with van der Waals surface area (Å²) in [6.45, 7) is 7.70. The van der Waals surface area contributed by atoms with E-state index in [4.69, 9.17) is 13.9 Å². The molecule has 8 nitrogen and oxygen atoms in total. The van der Waals surface area contributed by atoms with Gasteiger partial charge in [-0.3, -0.25) is 14.6 Å². The number of aromatic nitrogens is 1. The number of nitrogens with zero attached hydrogens (tertiary/aromatic N) is 4. The Hall–Kier alpha value is -2.26. The average molecular weight is 415 g/mol. The number of rotatable bonds is 7. The van der Waals surface area contributed by atoms with E-state index in [2.05, 4.69) is 39.0 Å². The normalized spacial score (nSPS) is 20.9. The van der Waals surface area contributed by atoms with Crippen LogP contribution >= 0.6 is 0 Å². The first-order valence-corrected chi connectivity index (χ1v) is 10.6. The SMILES string of the molecule is CN(CC1COCCO1)C(=O)c1coc(CN2CCN(Cc3ccccc3)CC2)n1. The van der Waals surface area contributed by atoms with Crippen molar-refractivity contribution in [2.24, 2.45) is 0 Å². The van der Waals surface area contributed by atoms with Gasteiger partial charge >= 0.3 is 0 Å². The number of hydrogen-bond acceptors (Lipinski definition) is 7. The molecule has 30 heavy (non-hydrogen) atoms. The third-order valence-electron chi connectivity index (χ3n) is 5.55. The van der Waals surface area contributed by atoms with Gasteiger partial charge in [-0.25, -0.2) is 4.98 Å². The number of carbonyl (C=O) groups excluding carboxylic acids is 1. The third kappa shape index (κ3) is 5.66. The average Bonchev–Trinajstić information content (AvgIpc) is 3.24. The van der Waals surface area contributed by atoms with Gasteiger partial charge in [0.2, 0.25) is 5.89 Å². The van der Waals surface area contributed by atoms with Crippen molar-refractivity contribution in [3.05, 3.63) is 53.7 Å². The maximum atomic E-state index is 12.6. The molecule has 3 heterocycles. The zero-order valence-electron chi connectivity index (χ0n) is 17.5. The molecule has 0 aliphatic carbocycles. The second-order valence-corrected chi connectivity index (χ2v) is 7.92. The quantitative estimate of drug-likeness (QED) is 0.680. The number of hydrogen-bond donors (Lipinski definition) is 0. The molecule has 2 aliphatic rings. The Balaban J connectivity index is 1.23. The van der Waals surface area contributed by atoms with E-state index in [-0.39, 0.29) is 12.0 Å². The number of oxazole rings is 1. The molecule has 162 valence electrons. The van der Waals surface area contributed by atoms with Crippen LogP contribution in [-0.2, 0) is 22.6 Å². The molecular weight excluding hydrogens is 384 g/mol. The molecular formula is C22H30N4O4. The molecule has 1 atom stereocenters. The van der Waals surface area contributed by atoms with Gasteiger partial charge in [0, 0.05) is 46.3 Å². The highest BCUT2D eigenvalue weighted by Crippen LogP contribution is 2.13. The van der Waals surface area contributed by atoms with Crippen molar-refractivity contribution in [2.75, 3.05) is 59.6 Å². The minimum absolute atomic E-state index is 0.0914. The van der Waals surface area contributed by atoms with E-state index in [1.54, 1.807) is 11.9 Å². The first-order valence-electron chi connectivity index (χ1n) is 10.6. The zero-order valence-corrected chi connectivity index (χ0v) is 17.5. The van der Waals surface area contributed by atoms with Crippen LogP contribution < -0.4 is 0 Å². The molecule has 0 bridgehead atoms. The van der Waals surface area contributed by atoms with Gasteiger partial charge in [0.1, 0.15) is 6.26 Å². The number of likely N-dealkylation sites (N-methyl/N-ethyl adjacent to an activating group) is 1. The number of piperazine rings is 1. The molecule has 0 saturated carbocycles. The van der Waals surface area contributed by atoms with Crippen molar-refractivity contribution in [3.63, 3.8) is 0 Å². The topological polar surface area (TPSA) is 71.3 Å². The second kappa shape index (κ2) is 10.2. The molecule has 1 amide bonds. The van der Waals surface area contributed by atoms with Gasteiger partial charge < -0.3 is 18.8 Å². The fraction of sp³-hybridized carbons (Fsp3) is 0.545. The van der Waals surface area contributed by atoms with E-state index in [0.29, 0.717) is 44.5 Å². The van der Waals surface area contributed by atoms with Crippen LogP contribution in [-0.4, -0.2) is 91.3 Å². The Morgan fingerprint density at radius 2 is 1.83 bits per heavy atom. The van der Waals surface area contributed by atoms with E-state index in [1.165, 1.54) is 11.8 Å². The van der Waals surface area contributed by atoms with Gasteiger partial charge in [-0.05, 0) is 5.56 Å². The van der Waals surface area contributed by atoms with Crippen molar-refractivity contribution in [2.45, 2.75) is 19.2 Å². The van der Waals surface area contributed by atoms with Gasteiger partial charge in [0.25, 0.3) is 5.91 Å². The van der Waals surface area contributed by atoms with Crippen LogP contribution in [0.2, 0.25) is 0 Å². The molecule has 1 unspecified atom stereocenters. The number of benzene rings is 1. The Morgan fingerprint density at radius 1 is 1.10 bits per heavy atom. The number of amides is 1. The molecule has 2 aromatic rings. The smallest absolute Gasteiger partial charge is 0.275 e. The van der Waals surface area contributed by atoms with Crippen molar-refractivity contribution < 1.29 is 18.7 Å². The predicted molar refractivity (Wildman–Crippen MR) is 111 cm³/mol. The van der Waals surface area contributed by atoms with E-state index in [9.17, 15) is 4.79 Å². The van der Waals surface area contributed by atoms with Crippen molar-refractivity contribution in [3.8, 4) is 0 Å². The van der Waals surface area contributed by atoms with Crippen LogP contribution in [0.5, 0.6) is 0 Å². The number of ether oxygens (including phenoxy) is 2. The standard InChI is InChI=1S/C22H30N4O4/c1-24(14-19-16-28-11-12-29-19)22(27)20-17-30-21(23-20)15-26-9-7-25(8-10-26)13-18-5-3-2-4-6-18/h2-6,17,19H,7-16H2,1H3. The van der Waals surface area contributed by atoms with Gasteiger partial charge in [0.05, 0.1) is 32.5 Å². The van der Waals surface area contributed by atoms with E-state index in [0.717, 1.165) is 32.7 Å². The molecule has 8 heteroatoms. The minimum atomic E-state index is -0.160. The Labute approximate surface area is 177 Å². The maximum absolute atomic E-state index is 12.6. The largest absolute Gasteiger partial charge is 0.447 e. The predicted octanol–water partition coefficient (Wildman–Crippen LogP) is 1.48. The van der Waals surface area contributed by atoms with E-state index in [1.807, 2.05) is 6.07 Å². The fourth-order valence-corrected chi connectivity index (χ4v) is 3.85. The third-order valence-corrected chi connectivity index (χ3v) is 5.55. The lowest BCUT2D eigenvalue weighted by Crippen LogP contribution is -2.45. The van der Waals surface area contributed by atoms with Crippen LogP contribution in [0.4, 0.5) is 0 Å². The molecule has 2 fully saturated rings. The molecule has 0 N–H and O–H groups in total.